The van der Waals surface area contributed by atoms with E-state index in [4.69, 9.17) is 4.74 Å². The van der Waals surface area contributed by atoms with E-state index in [0.29, 0.717) is 24.5 Å². The van der Waals surface area contributed by atoms with Crippen LogP contribution in [0, 0.1) is 0 Å². The molecule has 0 aliphatic carbocycles. The molecular weight excluding hydrogens is 354 g/mol. The summed E-state index contributed by atoms with van der Waals surface area (Å²) in [5, 5.41) is 2.84. The second-order valence-corrected chi connectivity index (χ2v) is 6.71. The van der Waals surface area contributed by atoms with E-state index in [1.807, 2.05) is 56.3 Å². The molecule has 6 nitrogen and oxygen atoms in total. The number of benzene rings is 2. The van der Waals surface area contributed by atoms with E-state index in [2.05, 4.69) is 5.32 Å². The van der Waals surface area contributed by atoms with Crippen molar-refractivity contribution in [1.29, 1.82) is 0 Å². The first-order valence-corrected chi connectivity index (χ1v) is 9.41. The van der Waals surface area contributed by atoms with E-state index in [9.17, 15) is 9.59 Å². The van der Waals surface area contributed by atoms with Crippen LogP contribution in [0.5, 0.6) is 5.75 Å². The number of amides is 2. The van der Waals surface area contributed by atoms with Crippen LogP contribution in [0.15, 0.2) is 54.6 Å². The molecule has 1 N–H and O–H groups in total. The van der Waals surface area contributed by atoms with E-state index in [1.165, 1.54) is 0 Å². The summed E-state index contributed by atoms with van der Waals surface area (Å²) < 4.78 is 5.16. The molecule has 0 saturated heterocycles. The number of likely N-dealkylation sites (N-methyl/N-ethyl adjacent to an activating group) is 2. The molecule has 150 valence electrons. The number of carbonyl (C=O) groups is 2. The summed E-state index contributed by atoms with van der Waals surface area (Å²) in [5.41, 5.74) is 1.75. The van der Waals surface area contributed by atoms with E-state index in [-0.39, 0.29) is 18.4 Å². The number of nitrogens with one attached hydrogen (secondary N) is 1. The molecule has 2 amide bonds. The third-order valence-electron chi connectivity index (χ3n) is 4.67. The van der Waals surface area contributed by atoms with Gasteiger partial charge in [-0.2, -0.15) is 0 Å². The van der Waals surface area contributed by atoms with Gasteiger partial charge in [-0.05, 0) is 38.6 Å². The molecule has 2 aromatic carbocycles. The average molecular weight is 383 g/mol. The fraction of sp³-hybridized carbons (Fsp3) is 0.364. The minimum atomic E-state index is -0.403. The van der Waals surface area contributed by atoms with Crippen LogP contribution in [-0.2, 0) is 16.1 Å². The summed E-state index contributed by atoms with van der Waals surface area (Å²) in [7, 11) is 3.36. The molecule has 0 aliphatic rings. The third kappa shape index (κ3) is 6.09. The Labute approximate surface area is 167 Å². The number of methoxy groups -OCH3 is 1. The predicted molar refractivity (Wildman–Crippen MR) is 111 cm³/mol. The van der Waals surface area contributed by atoms with Crippen molar-refractivity contribution in [3.8, 4) is 5.75 Å². The van der Waals surface area contributed by atoms with Crippen LogP contribution in [0.3, 0.4) is 0 Å². The minimum Gasteiger partial charge on any atom is -0.497 e. The summed E-state index contributed by atoms with van der Waals surface area (Å²) in [6, 6.07) is 16.7. The highest BCUT2D eigenvalue weighted by Crippen LogP contribution is 2.16. The Morgan fingerprint density at radius 2 is 1.82 bits per heavy atom. The first-order chi connectivity index (χ1) is 13.4. The van der Waals surface area contributed by atoms with Crippen molar-refractivity contribution >= 4 is 17.5 Å². The highest BCUT2D eigenvalue weighted by atomic mass is 16.5. The number of carbonyl (C=O) groups excluding carboxylic acids is 2. The van der Waals surface area contributed by atoms with Crippen molar-refractivity contribution in [1.82, 2.24) is 9.80 Å². The molecule has 0 fully saturated rings. The van der Waals surface area contributed by atoms with Crippen molar-refractivity contribution in [2.24, 2.45) is 0 Å². The smallest absolute Gasteiger partial charge is 0.239 e. The molecule has 1 atom stereocenters. The Bertz CT molecular complexity index is 780. The zero-order valence-electron chi connectivity index (χ0n) is 17.0. The lowest BCUT2D eigenvalue weighted by atomic mass is 10.2. The molecule has 0 aromatic heterocycles. The molecular formula is C22H29N3O3. The molecule has 0 heterocycles. The lowest BCUT2D eigenvalue weighted by molar-refractivity contribution is -0.136. The van der Waals surface area contributed by atoms with Gasteiger partial charge in [0.2, 0.25) is 11.8 Å². The minimum absolute atomic E-state index is 0.00281. The molecule has 0 bridgehead atoms. The van der Waals surface area contributed by atoms with Crippen molar-refractivity contribution < 1.29 is 14.3 Å². The van der Waals surface area contributed by atoms with E-state index in [1.54, 1.807) is 36.1 Å². The van der Waals surface area contributed by atoms with Gasteiger partial charge < -0.3 is 15.0 Å². The van der Waals surface area contributed by atoms with Gasteiger partial charge in [0.1, 0.15) is 5.75 Å². The van der Waals surface area contributed by atoms with E-state index < -0.39 is 6.04 Å². The molecule has 2 rings (SSSR count). The van der Waals surface area contributed by atoms with E-state index in [0.717, 1.165) is 5.56 Å². The first kappa shape index (κ1) is 21.4. The molecule has 0 spiro atoms. The zero-order chi connectivity index (χ0) is 20.5. The standard InChI is InChI=1S/C22H29N3O3/c1-5-25(15-18-10-7-6-8-11-18)22(27)17(2)24(3)16-21(26)23-19-12-9-13-20(14-19)28-4/h6-14,17H,5,15-16H2,1-4H3,(H,23,26)/t17-/m0/s1. The van der Waals surface area contributed by atoms with Crippen LogP contribution in [0.2, 0.25) is 0 Å². The summed E-state index contributed by atoms with van der Waals surface area (Å²) in [6.07, 6.45) is 0. The highest BCUT2D eigenvalue weighted by molar-refractivity contribution is 5.93. The Hall–Kier alpha value is -2.86. The topological polar surface area (TPSA) is 61.9 Å². The predicted octanol–water partition coefficient (Wildman–Crippen LogP) is 3.00. The quantitative estimate of drug-likeness (QED) is 0.723. The van der Waals surface area contributed by atoms with Crippen LogP contribution < -0.4 is 10.1 Å². The van der Waals surface area contributed by atoms with Crippen LogP contribution in [0.1, 0.15) is 19.4 Å². The third-order valence-corrected chi connectivity index (χ3v) is 4.67. The van der Waals surface area contributed by atoms with Crippen LogP contribution in [0.4, 0.5) is 5.69 Å². The molecule has 0 aliphatic heterocycles. The Morgan fingerprint density at radius 1 is 1.11 bits per heavy atom. The van der Waals surface area contributed by atoms with Gasteiger partial charge in [0.15, 0.2) is 0 Å². The lowest BCUT2D eigenvalue weighted by Crippen LogP contribution is -2.47. The lowest BCUT2D eigenvalue weighted by Gasteiger charge is -2.29. The molecule has 0 saturated carbocycles. The molecule has 0 radical (unpaired) electrons. The largest absolute Gasteiger partial charge is 0.497 e. The zero-order valence-corrected chi connectivity index (χ0v) is 17.0. The summed E-state index contributed by atoms with van der Waals surface area (Å²) >= 11 is 0. The van der Waals surface area contributed by atoms with Gasteiger partial charge >= 0.3 is 0 Å². The number of anilines is 1. The average Bonchev–Trinajstić information content (AvgIpc) is 2.71. The number of ether oxygens (including phenoxy) is 1. The van der Waals surface area contributed by atoms with Gasteiger partial charge in [-0.3, -0.25) is 14.5 Å². The maximum atomic E-state index is 12.9. The van der Waals surface area contributed by atoms with Crippen LogP contribution in [-0.4, -0.2) is 54.9 Å². The fourth-order valence-electron chi connectivity index (χ4n) is 2.87. The molecule has 2 aromatic rings. The Balaban J connectivity index is 1.93. The molecule has 6 heteroatoms. The normalized spacial score (nSPS) is 11.8. The number of hydrogen-bond acceptors (Lipinski definition) is 4. The van der Waals surface area contributed by atoms with Crippen LogP contribution >= 0.6 is 0 Å². The second kappa shape index (κ2) is 10.5. The van der Waals surface area contributed by atoms with Crippen molar-refractivity contribution in [2.45, 2.75) is 26.4 Å². The second-order valence-electron chi connectivity index (χ2n) is 6.71. The summed E-state index contributed by atoms with van der Waals surface area (Å²) in [4.78, 5) is 28.8. The summed E-state index contributed by atoms with van der Waals surface area (Å²) in [6.45, 7) is 5.08. The monoisotopic (exact) mass is 383 g/mol. The van der Waals surface area contributed by atoms with Gasteiger partial charge in [0.05, 0.1) is 19.7 Å². The maximum absolute atomic E-state index is 12.9. The van der Waals surface area contributed by atoms with Gasteiger partial charge in [-0.15, -0.1) is 0 Å². The van der Waals surface area contributed by atoms with Gasteiger partial charge in [0.25, 0.3) is 0 Å². The maximum Gasteiger partial charge on any atom is 0.239 e. The molecule has 28 heavy (non-hydrogen) atoms. The van der Waals surface area contributed by atoms with Crippen molar-refractivity contribution in [3.63, 3.8) is 0 Å². The van der Waals surface area contributed by atoms with Crippen molar-refractivity contribution in [3.05, 3.63) is 60.2 Å². The SMILES string of the molecule is CCN(Cc1ccccc1)C(=O)[C@H](C)N(C)CC(=O)Nc1cccc(OC)c1. The Kier molecular flexibility index (Phi) is 8.02. The number of rotatable bonds is 9. The highest BCUT2D eigenvalue weighted by Gasteiger charge is 2.24. The van der Waals surface area contributed by atoms with E-state index >= 15 is 0 Å². The number of hydrogen-bond donors (Lipinski definition) is 1. The van der Waals surface area contributed by atoms with Gasteiger partial charge in [-0.1, -0.05) is 36.4 Å². The fourth-order valence-corrected chi connectivity index (χ4v) is 2.87. The van der Waals surface area contributed by atoms with Gasteiger partial charge in [-0.25, -0.2) is 0 Å². The van der Waals surface area contributed by atoms with Gasteiger partial charge in [0, 0.05) is 24.8 Å². The van der Waals surface area contributed by atoms with Crippen molar-refractivity contribution in [2.75, 3.05) is 32.6 Å². The number of nitrogens with zero attached hydrogens (tertiary/aromatic N) is 2. The molecule has 0 unspecified atom stereocenters. The summed E-state index contributed by atoms with van der Waals surface area (Å²) in [5.74, 6) is 0.499. The van der Waals surface area contributed by atoms with Crippen LogP contribution in [0.25, 0.3) is 0 Å². The first-order valence-electron chi connectivity index (χ1n) is 9.41. The Morgan fingerprint density at radius 3 is 2.46 bits per heavy atom.